The van der Waals surface area contributed by atoms with Crippen LogP contribution in [0, 0.1) is 95.6 Å². The van der Waals surface area contributed by atoms with E-state index in [1.807, 2.05) is 217 Å². The van der Waals surface area contributed by atoms with Crippen molar-refractivity contribution < 1.29 is 42.6 Å². The number of nitrogens with two attached hydrogens (primary N) is 2. The van der Waals surface area contributed by atoms with Gasteiger partial charge in [0, 0.05) is 98.6 Å². The molecule has 0 radical (unpaired) electrons. The Kier molecular flexibility index (Phi) is 43.9. The first kappa shape index (κ1) is 114. The molecule has 31 heteroatoms. The van der Waals surface area contributed by atoms with Gasteiger partial charge in [-0.1, -0.05) is 233 Å². The van der Waals surface area contributed by atoms with Crippen LogP contribution in [0.15, 0.2) is 294 Å². The highest BCUT2D eigenvalue weighted by molar-refractivity contribution is 9.11. The van der Waals surface area contributed by atoms with Crippen LogP contribution >= 0.6 is 92.1 Å². The molecule has 0 saturated carbocycles. The smallest absolute Gasteiger partial charge is 0.271 e. The summed E-state index contributed by atoms with van der Waals surface area (Å²) in [6.45, 7) is 27.8. The van der Waals surface area contributed by atoms with Crippen molar-refractivity contribution in [1.29, 1.82) is 31.6 Å². The summed E-state index contributed by atoms with van der Waals surface area (Å²) in [5.74, 6) is 4.06. The molecule has 13 rings (SSSR count). The predicted octanol–water partition coefficient (Wildman–Crippen LogP) is 26.2. The summed E-state index contributed by atoms with van der Waals surface area (Å²) in [6, 6.07) is 84.0. The van der Waals surface area contributed by atoms with Gasteiger partial charge in [-0.3, -0.25) is 39.6 Å². The minimum absolute atomic E-state index is 0. The maximum atomic E-state index is 13.4. The molecule has 0 bridgehead atoms. The van der Waals surface area contributed by atoms with E-state index < -0.39 is 53.5 Å². The van der Waals surface area contributed by atoms with Crippen LogP contribution in [0.1, 0.15) is 186 Å². The van der Waals surface area contributed by atoms with E-state index in [0.717, 1.165) is 107 Å². The molecule has 0 fully saturated rings. The minimum atomic E-state index is -3.73. The summed E-state index contributed by atoms with van der Waals surface area (Å²) in [4.78, 5) is 67.4. The molecule has 0 amide bonds. The fraction of sp³-hybridized carbons (Fsp3) is 0.226. The Morgan fingerprint density at radius 1 is 0.496 bits per heavy atom. The van der Waals surface area contributed by atoms with Crippen molar-refractivity contribution in [2.24, 2.45) is 10.9 Å². The molecule has 24 nitrogen and oxygen atoms in total. The van der Waals surface area contributed by atoms with Gasteiger partial charge in [-0.2, -0.15) is 32.2 Å². The van der Waals surface area contributed by atoms with Gasteiger partial charge in [-0.05, 0) is 259 Å². The molecule has 2 heterocycles. The topological polar surface area (TPSA) is 429 Å². The van der Waals surface area contributed by atoms with Crippen LogP contribution in [0.3, 0.4) is 0 Å². The maximum Gasteiger partial charge on any atom is 0.271 e. The van der Waals surface area contributed by atoms with E-state index in [1.165, 1.54) is 32.8 Å². The van der Waals surface area contributed by atoms with Gasteiger partial charge in [0.25, 0.3) is 16.2 Å². The largest absolute Gasteiger partial charge is 0.507 e. The molecule has 6 N–H and O–H groups in total. The van der Waals surface area contributed by atoms with Gasteiger partial charge in [0.1, 0.15) is 5.75 Å². The number of rotatable bonds is 25. The second-order valence-electron chi connectivity index (χ2n) is 33.3. The van der Waals surface area contributed by atoms with Gasteiger partial charge in [0.15, 0.2) is 23.6 Å². The van der Waals surface area contributed by atoms with Crippen molar-refractivity contribution >= 4 is 159 Å². The molecule has 13 aromatic rings. The number of H-pyrrole nitrogens is 1. The third-order valence-electron chi connectivity index (χ3n) is 21.3. The molecule has 0 aliphatic rings. The Morgan fingerprint density at radius 3 is 1.25 bits per heavy atom. The summed E-state index contributed by atoms with van der Waals surface area (Å²) < 4.78 is 32.5. The average Bonchev–Trinajstić information content (AvgIpc) is 1.60. The molecule has 0 spiro atoms. The van der Waals surface area contributed by atoms with Gasteiger partial charge >= 0.3 is 0 Å². The SMILES string of the molecule is C#N.CC.CC(C)(C#N)c1ccc(CC(=O)c2cc(Br)ccc2N)cc1.CC(C)(C#N)c1ccc(CC(=O)c2cc(Br)ccc2N=CC[N+](=O)[O-])cc1.CC(C)(C#N)c1ccc(CC(=O)c2cc(Br)ccc2O)cc1.CC(C)(C#N)c1ccc(Cc2c[nH]c3ccc(Br)cc23)cc1.Cc1ccc(S(=O)(=O)n2cc(Cc3ccc(C(C)(C)C#N)cc3)c3cc(Br)ccc32)cc1.Cl.NO/C=C/[N+](=O)[O-]. The Balaban J connectivity index is 0.000000296. The third kappa shape index (κ3) is 33.3. The molecule has 137 heavy (non-hydrogen) atoms. The number of aromatic amines is 1. The number of nitro groups is 2. The average molecular weight is 2200 g/mol. The molecule has 0 aliphatic carbocycles. The Labute approximate surface area is 847 Å². The highest BCUT2D eigenvalue weighted by Gasteiger charge is 2.27. The van der Waals surface area contributed by atoms with Crippen molar-refractivity contribution in [3.63, 3.8) is 0 Å². The van der Waals surface area contributed by atoms with E-state index in [2.05, 4.69) is 180 Å². The van der Waals surface area contributed by atoms with Gasteiger partial charge in [-0.25, -0.2) is 17.7 Å². The quantitative estimate of drug-likeness (QED) is 0.0103. The minimum Gasteiger partial charge on any atom is -0.507 e. The van der Waals surface area contributed by atoms with Crippen LogP contribution in [0.25, 0.3) is 21.8 Å². The number of hydrogen-bond acceptors (Lipinski definition) is 20. The van der Waals surface area contributed by atoms with E-state index in [9.17, 15) is 63.9 Å². The van der Waals surface area contributed by atoms with E-state index in [4.69, 9.17) is 21.5 Å². The number of carbonyl (C=O) groups excluding carboxylic acids is 3. The molecule has 11 aromatic carbocycles. The van der Waals surface area contributed by atoms with Crippen molar-refractivity contribution in [3.8, 4) is 42.7 Å². The van der Waals surface area contributed by atoms with E-state index in [1.54, 1.807) is 72.9 Å². The molecule has 0 unspecified atom stereocenters. The lowest BCUT2D eigenvalue weighted by Crippen LogP contribution is -2.14. The molecule has 0 saturated heterocycles. The lowest BCUT2D eigenvalue weighted by Gasteiger charge is -2.16. The summed E-state index contributed by atoms with van der Waals surface area (Å²) in [5, 5.41) is 84.3. The van der Waals surface area contributed by atoms with Gasteiger partial charge in [0.2, 0.25) is 6.54 Å². The van der Waals surface area contributed by atoms with E-state index in [0.29, 0.717) is 46.2 Å². The number of nitrogen functional groups attached to an aromatic ring is 1. The fourth-order valence-corrected chi connectivity index (χ4v) is 16.3. The van der Waals surface area contributed by atoms with E-state index >= 15 is 0 Å². The van der Waals surface area contributed by atoms with Gasteiger partial charge < -0.3 is 20.7 Å². The second kappa shape index (κ2) is 52.7. The monoisotopic (exact) mass is 2200 g/mol. The van der Waals surface area contributed by atoms with Gasteiger partial charge in [-0.15, -0.1) is 12.4 Å². The molecule has 2 aromatic heterocycles. The number of nitrogens with zero attached hydrogens (tertiary/aromatic N) is 10. The number of hydrogen-bond donors (Lipinski definition) is 4. The first-order valence-corrected chi connectivity index (χ1v) is 47.6. The lowest BCUT2D eigenvalue weighted by atomic mass is 9.85. The Bertz CT molecular complexity index is 6720. The molecule has 706 valence electrons. The Hall–Kier alpha value is -13.3. The third-order valence-corrected chi connectivity index (χ3v) is 25.5. The zero-order valence-electron chi connectivity index (χ0n) is 77.6. The summed E-state index contributed by atoms with van der Waals surface area (Å²) in [6.07, 6.45) is 8.47. The molecule has 0 aliphatic heterocycles. The maximum absolute atomic E-state index is 13.4. The number of anilines is 1. The number of Topliss-reactive ketones (excluding diaryl/α,β-unsaturated/α-hetero) is 3. The number of aryl methyl sites for hydroxylation is 1. The summed E-state index contributed by atoms with van der Waals surface area (Å²) >= 11 is 17.0. The number of carbonyl (C=O) groups is 3. The lowest BCUT2D eigenvalue weighted by molar-refractivity contribution is -0.462. The number of aliphatic imine (C=N–C) groups is 1. The zero-order chi connectivity index (χ0) is 101. The highest BCUT2D eigenvalue weighted by atomic mass is 79.9. The number of benzene rings is 11. The van der Waals surface area contributed by atoms with Crippen LogP contribution in [0.2, 0.25) is 0 Å². The molecular formula is C106H103Br5ClN13O11S. The number of nitrogens with one attached hydrogen (secondary N) is 1. The molecule has 0 atom stereocenters. The van der Waals surface area contributed by atoms with Crippen LogP contribution in [-0.4, -0.2) is 62.4 Å². The van der Waals surface area contributed by atoms with Gasteiger partial charge in [0.05, 0.1) is 90.2 Å². The number of fused-ring (bicyclic) bond motifs is 2. The van der Waals surface area contributed by atoms with Crippen LogP contribution in [0.5, 0.6) is 5.75 Å². The highest BCUT2D eigenvalue weighted by Crippen LogP contribution is 2.36. The zero-order valence-corrected chi connectivity index (χ0v) is 87.1. The van der Waals surface area contributed by atoms with Crippen molar-refractivity contribution in [3.05, 3.63) is 393 Å². The van der Waals surface area contributed by atoms with Crippen LogP contribution < -0.4 is 11.6 Å². The number of ketones is 3. The van der Waals surface area contributed by atoms with Crippen molar-refractivity contribution in [2.45, 2.75) is 154 Å². The number of phenolic OH excluding ortho intramolecular Hbond substituents is 1. The number of aromatic hydroxyl groups is 1. The number of aromatic nitrogens is 2. The standard InChI is InChI=1S/C26H23BrN2O2S.C20H18BrN3O3.C19H17BrN2.C18H17BrN2O.C18H16BrNO2.C2H4N2O3.C2H6.CHN.ClH/c1-18-4-11-23(12-5-18)32(30,31)29-16-20(24-15-22(27)10-13-25(24)29)14-19-6-8-21(9-7-19)26(2,3)17-28;1-20(2,13-22)15-5-3-14(4-6-15)11-19(25)17-12-16(21)7-8-18(17)23-9-10-24(26)27;1-19(2,12-21)15-5-3-13(4-6-15)9-14-11-22-18-8-7-16(20)10-17(14)18;2*1-18(2,11-20)13-5-3-12(4-6-13)9-17(22)15-10-14(19)7-8-16(15)21;3-7-2-1-4(5)6;2*1-2;/h4-13,15-16H,14H2,1-3H3;3-9,12H,10-11H2,1-2H3;3-8,10-11,22H,9H2,1-2H3;3-8,10H,9,21H2,1-2H3;3-8,10,21H,9H2,1-2H3;1-2H,3H2;1-2H3;1H;1H/b;;;;;2-1+;;;. The first-order chi connectivity index (χ1) is 64.3. The normalized spacial score (nSPS) is 11.0. The van der Waals surface area contributed by atoms with E-state index in [-0.39, 0.29) is 59.7 Å². The number of phenols is 1. The second-order valence-corrected chi connectivity index (χ2v) is 39.7. The van der Waals surface area contributed by atoms with Crippen molar-refractivity contribution in [1.82, 2.24) is 8.96 Å². The predicted molar refractivity (Wildman–Crippen MR) is 560 cm³/mol. The number of nitriles is 6. The molecular weight excluding hydrogens is 2100 g/mol. The number of halogens is 6. The fourth-order valence-electron chi connectivity index (χ4n) is 13.1. The van der Waals surface area contributed by atoms with Crippen LogP contribution in [0.4, 0.5) is 11.4 Å². The van der Waals surface area contributed by atoms with Crippen LogP contribution in [-0.2, 0) is 74.0 Å². The Morgan fingerprint density at radius 2 is 0.847 bits per heavy atom. The first-order valence-electron chi connectivity index (χ1n) is 42.2. The summed E-state index contributed by atoms with van der Waals surface area (Å²) in [5.41, 5.74) is 19.9. The van der Waals surface area contributed by atoms with Crippen molar-refractivity contribution in [2.75, 3.05) is 12.3 Å². The summed E-state index contributed by atoms with van der Waals surface area (Å²) in [7, 11) is -3.73.